The van der Waals surface area contributed by atoms with Crippen molar-refractivity contribution in [2.45, 2.75) is 0 Å². The number of ether oxygens (including phenoxy) is 1. The number of carbonyl (C=O) groups is 1. The van der Waals surface area contributed by atoms with Gasteiger partial charge >= 0.3 is 0 Å². The van der Waals surface area contributed by atoms with Crippen molar-refractivity contribution in [1.82, 2.24) is 9.97 Å². The van der Waals surface area contributed by atoms with E-state index in [2.05, 4.69) is 15.3 Å². The summed E-state index contributed by atoms with van der Waals surface area (Å²) in [6, 6.07) is 5.11. The second kappa shape index (κ2) is 4.32. The zero-order valence-corrected chi connectivity index (χ0v) is 9.15. The Labute approximate surface area is 96.4 Å². The standard InChI is InChI=1S/C10H8ClN3O2/c1-16-10-9(12-5-15)13-8-4-6(11)2-3-7(8)14-10/h2-5H,1H3,(H,12,13,15). The second-order valence-corrected chi connectivity index (χ2v) is 3.41. The van der Waals surface area contributed by atoms with Crippen molar-refractivity contribution in [3.8, 4) is 5.88 Å². The Morgan fingerprint density at radius 2 is 2.19 bits per heavy atom. The molecule has 82 valence electrons. The Bertz CT molecular complexity index is 545. The van der Waals surface area contributed by atoms with E-state index in [1.165, 1.54) is 7.11 Å². The highest BCUT2D eigenvalue weighted by molar-refractivity contribution is 6.31. The number of anilines is 1. The molecule has 0 aliphatic heterocycles. The van der Waals surface area contributed by atoms with E-state index >= 15 is 0 Å². The summed E-state index contributed by atoms with van der Waals surface area (Å²) in [7, 11) is 1.46. The minimum Gasteiger partial charge on any atom is -0.478 e. The predicted molar refractivity (Wildman–Crippen MR) is 60.8 cm³/mol. The summed E-state index contributed by atoms with van der Waals surface area (Å²) >= 11 is 5.83. The molecule has 1 amide bonds. The first-order valence-corrected chi connectivity index (χ1v) is 4.84. The highest BCUT2D eigenvalue weighted by Gasteiger charge is 2.08. The number of halogens is 1. The summed E-state index contributed by atoms with van der Waals surface area (Å²) in [5, 5.41) is 2.98. The van der Waals surface area contributed by atoms with Crippen LogP contribution in [0.1, 0.15) is 0 Å². The number of nitrogens with zero attached hydrogens (tertiary/aromatic N) is 2. The molecular weight excluding hydrogens is 230 g/mol. The van der Waals surface area contributed by atoms with Gasteiger partial charge in [0.25, 0.3) is 5.88 Å². The first-order chi connectivity index (χ1) is 7.74. The summed E-state index contributed by atoms with van der Waals surface area (Å²) in [5.74, 6) is 0.536. The average molecular weight is 238 g/mol. The highest BCUT2D eigenvalue weighted by Crippen LogP contribution is 2.24. The lowest BCUT2D eigenvalue weighted by atomic mass is 10.3. The predicted octanol–water partition coefficient (Wildman–Crippen LogP) is 1.86. The number of aromatic nitrogens is 2. The fourth-order valence-corrected chi connectivity index (χ4v) is 1.47. The minimum atomic E-state index is 0.266. The summed E-state index contributed by atoms with van der Waals surface area (Å²) in [6.07, 6.45) is 0.517. The van der Waals surface area contributed by atoms with Crippen molar-refractivity contribution >= 4 is 34.9 Å². The van der Waals surface area contributed by atoms with E-state index in [-0.39, 0.29) is 11.7 Å². The van der Waals surface area contributed by atoms with Gasteiger partial charge in [0.1, 0.15) is 0 Å². The molecule has 5 nitrogen and oxygen atoms in total. The molecule has 0 radical (unpaired) electrons. The third-order valence-corrected chi connectivity index (χ3v) is 2.22. The molecular formula is C10H8ClN3O2. The van der Waals surface area contributed by atoms with E-state index in [9.17, 15) is 4.79 Å². The maximum Gasteiger partial charge on any atom is 0.258 e. The Balaban J connectivity index is 2.65. The van der Waals surface area contributed by atoms with Crippen LogP contribution in [0.4, 0.5) is 5.82 Å². The van der Waals surface area contributed by atoms with Crippen molar-refractivity contribution in [2.24, 2.45) is 0 Å². The largest absolute Gasteiger partial charge is 0.478 e. The molecule has 0 saturated carbocycles. The Morgan fingerprint density at radius 1 is 1.38 bits per heavy atom. The molecule has 6 heteroatoms. The molecule has 0 bridgehead atoms. The van der Waals surface area contributed by atoms with Crippen LogP contribution in [0.25, 0.3) is 11.0 Å². The molecule has 0 unspecified atom stereocenters. The van der Waals surface area contributed by atoms with Gasteiger partial charge in [-0.1, -0.05) is 11.6 Å². The number of benzene rings is 1. The molecule has 0 saturated heterocycles. The molecule has 16 heavy (non-hydrogen) atoms. The second-order valence-electron chi connectivity index (χ2n) is 2.98. The van der Waals surface area contributed by atoms with Crippen molar-refractivity contribution < 1.29 is 9.53 Å². The number of nitrogens with one attached hydrogen (secondary N) is 1. The molecule has 0 spiro atoms. The summed E-state index contributed by atoms with van der Waals surface area (Å²) in [6.45, 7) is 0. The van der Waals surface area contributed by atoms with Gasteiger partial charge in [-0.05, 0) is 18.2 Å². The van der Waals surface area contributed by atoms with Crippen LogP contribution < -0.4 is 10.1 Å². The SMILES string of the molecule is COc1nc2ccc(Cl)cc2nc1NC=O. The molecule has 1 N–H and O–H groups in total. The monoisotopic (exact) mass is 237 g/mol. The topological polar surface area (TPSA) is 64.1 Å². The highest BCUT2D eigenvalue weighted by atomic mass is 35.5. The van der Waals surface area contributed by atoms with Crippen LogP contribution in [0.2, 0.25) is 5.02 Å². The molecule has 1 aromatic carbocycles. The molecule has 0 atom stereocenters. The van der Waals surface area contributed by atoms with Gasteiger partial charge in [-0.15, -0.1) is 0 Å². The maximum absolute atomic E-state index is 10.4. The first-order valence-electron chi connectivity index (χ1n) is 4.46. The van der Waals surface area contributed by atoms with Crippen molar-refractivity contribution in [2.75, 3.05) is 12.4 Å². The average Bonchev–Trinajstić information content (AvgIpc) is 2.28. The third-order valence-electron chi connectivity index (χ3n) is 1.98. The van der Waals surface area contributed by atoms with Gasteiger partial charge in [-0.3, -0.25) is 4.79 Å². The van der Waals surface area contributed by atoms with Gasteiger partial charge in [0.2, 0.25) is 6.41 Å². The fraction of sp³-hybridized carbons (Fsp3) is 0.100. The van der Waals surface area contributed by atoms with E-state index in [1.807, 2.05) is 0 Å². The summed E-state index contributed by atoms with van der Waals surface area (Å²) < 4.78 is 5.01. The fourth-order valence-electron chi connectivity index (χ4n) is 1.30. The smallest absolute Gasteiger partial charge is 0.258 e. The van der Waals surface area contributed by atoms with Gasteiger partial charge in [0.15, 0.2) is 5.82 Å². The van der Waals surface area contributed by atoms with Crippen LogP contribution >= 0.6 is 11.6 Å². The quantitative estimate of drug-likeness (QED) is 0.828. The first kappa shape index (κ1) is 10.6. The molecule has 1 aromatic heterocycles. The van der Waals surface area contributed by atoms with Gasteiger partial charge in [0, 0.05) is 5.02 Å². The number of amides is 1. The van der Waals surface area contributed by atoms with Crippen molar-refractivity contribution in [1.29, 1.82) is 0 Å². The van der Waals surface area contributed by atoms with Crippen LogP contribution in [0, 0.1) is 0 Å². The Hall–Kier alpha value is -1.88. The third kappa shape index (κ3) is 1.90. The van der Waals surface area contributed by atoms with Crippen LogP contribution in [0.5, 0.6) is 5.88 Å². The lowest BCUT2D eigenvalue weighted by Crippen LogP contribution is -2.02. The zero-order valence-electron chi connectivity index (χ0n) is 8.40. The van der Waals surface area contributed by atoms with Crippen molar-refractivity contribution in [3.05, 3.63) is 23.2 Å². The van der Waals surface area contributed by atoms with Gasteiger partial charge in [-0.25, -0.2) is 9.97 Å². The normalized spacial score (nSPS) is 10.1. The zero-order chi connectivity index (χ0) is 11.5. The van der Waals surface area contributed by atoms with Crippen LogP contribution in [0.3, 0.4) is 0 Å². The number of rotatable bonds is 3. The van der Waals surface area contributed by atoms with Crippen LogP contribution in [0.15, 0.2) is 18.2 Å². The molecule has 2 rings (SSSR count). The van der Waals surface area contributed by atoms with E-state index < -0.39 is 0 Å². The summed E-state index contributed by atoms with van der Waals surface area (Å²) in [4.78, 5) is 18.8. The van der Waals surface area contributed by atoms with Crippen LogP contribution in [-0.4, -0.2) is 23.5 Å². The van der Waals surface area contributed by atoms with E-state index in [4.69, 9.17) is 16.3 Å². The van der Waals surface area contributed by atoms with E-state index in [1.54, 1.807) is 18.2 Å². The number of methoxy groups -OCH3 is 1. The summed E-state index contributed by atoms with van der Waals surface area (Å²) in [5.41, 5.74) is 1.25. The molecule has 0 fully saturated rings. The van der Waals surface area contributed by atoms with E-state index in [0.29, 0.717) is 22.5 Å². The number of hydrogen-bond acceptors (Lipinski definition) is 4. The van der Waals surface area contributed by atoms with Gasteiger partial charge < -0.3 is 10.1 Å². The van der Waals surface area contributed by atoms with E-state index in [0.717, 1.165) is 0 Å². The number of fused-ring (bicyclic) bond motifs is 1. The molecule has 0 aliphatic rings. The minimum absolute atomic E-state index is 0.266. The lowest BCUT2D eigenvalue weighted by molar-refractivity contribution is -0.105. The van der Waals surface area contributed by atoms with Crippen LogP contribution in [-0.2, 0) is 4.79 Å². The van der Waals surface area contributed by atoms with Crippen molar-refractivity contribution in [3.63, 3.8) is 0 Å². The Kier molecular flexibility index (Phi) is 2.87. The Morgan fingerprint density at radius 3 is 2.88 bits per heavy atom. The molecule has 1 heterocycles. The number of hydrogen-bond donors (Lipinski definition) is 1. The molecule has 2 aromatic rings. The maximum atomic E-state index is 10.4. The lowest BCUT2D eigenvalue weighted by Gasteiger charge is -2.06. The number of carbonyl (C=O) groups excluding carboxylic acids is 1. The molecule has 0 aliphatic carbocycles. The van der Waals surface area contributed by atoms with Gasteiger partial charge in [0.05, 0.1) is 18.1 Å². The van der Waals surface area contributed by atoms with Gasteiger partial charge in [-0.2, -0.15) is 0 Å².